The van der Waals surface area contributed by atoms with Crippen LogP contribution in [0.15, 0.2) is 24.5 Å². The lowest BCUT2D eigenvalue weighted by atomic mass is 9.66. The number of halogens is 3. The van der Waals surface area contributed by atoms with E-state index in [2.05, 4.69) is 21.1 Å². The fourth-order valence-electron chi connectivity index (χ4n) is 4.87. The monoisotopic (exact) mass is 399 g/mol. The van der Waals surface area contributed by atoms with E-state index in [1.54, 1.807) is 6.20 Å². The highest BCUT2D eigenvalue weighted by Gasteiger charge is 2.63. The molecule has 0 saturated heterocycles. The third-order valence-corrected chi connectivity index (χ3v) is 6.25. The Bertz CT molecular complexity index is 1180. The molecule has 1 N–H and O–H groups in total. The van der Waals surface area contributed by atoms with Crippen LogP contribution in [0.1, 0.15) is 36.8 Å². The van der Waals surface area contributed by atoms with Gasteiger partial charge >= 0.3 is 6.18 Å². The number of rotatable bonds is 2. The maximum atomic E-state index is 13.0. The van der Waals surface area contributed by atoms with Gasteiger partial charge in [-0.25, -0.2) is 9.97 Å². The summed E-state index contributed by atoms with van der Waals surface area (Å²) in [4.78, 5) is 8.78. The highest BCUT2D eigenvalue weighted by molar-refractivity contribution is 5.77. The van der Waals surface area contributed by atoms with Gasteiger partial charge < -0.3 is 5.11 Å². The number of hydrogen-bond donors (Lipinski definition) is 1. The van der Waals surface area contributed by atoms with Crippen LogP contribution >= 0.6 is 0 Å². The molecule has 29 heavy (non-hydrogen) atoms. The molecule has 1 aromatic carbocycles. The van der Waals surface area contributed by atoms with E-state index in [1.807, 2.05) is 4.68 Å². The van der Waals surface area contributed by atoms with Crippen molar-refractivity contribution in [2.24, 2.45) is 5.41 Å². The number of alkyl halides is 3. The molecule has 2 bridgehead atoms. The van der Waals surface area contributed by atoms with Gasteiger partial charge in [-0.3, -0.25) is 4.68 Å². The molecule has 3 fully saturated rings. The highest BCUT2D eigenvalue weighted by atomic mass is 19.4. The van der Waals surface area contributed by atoms with Crippen LogP contribution in [-0.4, -0.2) is 24.9 Å². The predicted molar refractivity (Wildman–Crippen MR) is 96.7 cm³/mol. The Hall–Kier alpha value is -3.15. The Morgan fingerprint density at radius 1 is 1.24 bits per heavy atom. The number of nitrogens with zero attached hydrogens (tertiary/aromatic N) is 5. The van der Waals surface area contributed by atoms with E-state index in [9.17, 15) is 23.5 Å². The van der Waals surface area contributed by atoms with Gasteiger partial charge in [0.15, 0.2) is 5.65 Å². The Labute approximate surface area is 163 Å². The van der Waals surface area contributed by atoms with Gasteiger partial charge in [0.2, 0.25) is 0 Å². The van der Waals surface area contributed by atoms with Crippen LogP contribution in [0.25, 0.3) is 22.4 Å². The lowest BCUT2D eigenvalue weighted by Gasteiger charge is -2.43. The first-order chi connectivity index (χ1) is 13.6. The fraction of sp³-hybridized carbons (Fsp3) is 0.400. The predicted octanol–water partition coefficient (Wildman–Crippen LogP) is 4.32. The van der Waals surface area contributed by atoms with Gasteiger partial charge in [0.25, 0.3) is 0 Å². The third-order valence-electron chi connectivity index (χ3n) is 6.25. The molecule has 3 aliphatic carbocycles. The van der Waals surface area contributed by atoms with Gasteiger partial charge in [0, 0.05) is 5.56 Å². The van der Waals surface area contributed by atoms with Crippen LogP contribution in [-0.2, 0) is 11.7 Å². The van der Waals surface area contributed by atoms with Crippen LogP contribution in [0.3, 0.4) is 0 Å². The topological polar surface area (TPSA) is 87.6 Å². The second kappa shape index (κ2) is 5.47. The number of fused-ring (bicyclic) bond motifs is 2. The zero-order valence-electron chi connectivity index (χ0n) is 15.5. The SMILES string of the molecule is Cc1cc(C(F)(F)F)cc(O)c1-c1cnc2cn(C34CCC(C#N)(C3)C4)nc2n1. The number of hydrogen-bond acceptors (Lipinski definition) is 5. The van der Waals surface area contributed by atoms with E-state index in [0.29, 0.717) is 17.2 Å². The number of phenols is 1. The van der Waals surface area contributed by atoms with Gasteiger partial charge in [0.05, 0.1) is 40.7 Å². The summed E-state index contributed by atoms with van der Waals surface area (Å²) in [6.07, 6.45) is 1.93. The molecule has 148 valence electrons. The molecule has 0 aliphatic heterocycles. The minimum atomic E-state index is -4.54. The van der Waals surface area contributed by atoms with Crippen LogP contribution in [0.2, 0.25) is 0 Å². The van der Waals surface area contributed by atoms with E-state index >= 15 is 0 Å². The molecule has 3 aliphatic rings. The van der Waals surface area contributed by atoms with Crippen molar-refractivity contribution in [2.45, 2.75) is 44.3 Å². The number of aryl methyl sites for hydroxylation is 1. The Balaban J connectivity index is 1.55. The number of aromatic hydroxyl groups is 1. The van der Waals surface area contributed by atoms with E-state index in [1.165, 1.54) is 13.1 Å². The first-order valence-electron chi connectivity index (χ1n) is 9.20. The lowest BCUT2D eigenvalue weighted by molar-refractivity contribution is -0.137. The third kappa shape index (κ3) is 2.51. The molecule has 6 nitrogen and oxygen atoms in total. The zero-order valence-corrected chi connectivity index (χ0v) is 15.5. The van der Waals surface area contributed by atoms with Crippen molar-refractivity contribution < 1.29 is 18.3 Å². The van der Waals surface area contributed by atoms with E-state index in [4.69, 9.17) is 0 Å². The lowest BCUT2D eigenvalue weighted by Crippen LogP contribution is -2.44. The highest BCUT2D eigenvalue weighted by Crippen LogP contribution is 2.64. The second-order valence-electron chi connectivity index (χ2n) is 8.19. The average molecular weight is 399 g/mol. The summed E-state index contributed by atoms with van der Waals surface area (Å²) in [5, 5.41) is 24.1. The standard InChI is InChI=1S/C20H16F3N5O/c1-11-4-12(20(21,22)23)5-15(29)16(11)13-6-25-14-7-28(27-17(14)26-13)19-3-2-18(8-19,9-19)10-24/h4-7,29H,2-3,8-9H2,1H3. The summed E-state index contributed by atoms with van der Waals surface area (Å²) in [7, 11) is 0. The Morgan fingerprint density at radius 2 is 2.00 bits per heavy atom. The van der Waals surface area contributed by atoms with Crippen molar-refractivity contribution in [3.05, 3.63) is 35.7 Å². The van der Waals surface area contributed by atoms with Crippen molar-refractivity contribution in [3.8, 4) is 23.1 Å². The minimum absolute atomic E-state index is 0.176. The van der Waals surface area contributed by atoms with Crippen molar-refractivity contribution in [1.29, 1.82) is 5.26 Å². The van der Waals surface area contributed by atoms with Crippen LogP contribution in [0.4, 0.5) is 13.2 Å². The quantitative estimate of drug-likeness (QED) is 0.693. The normalized spacial score (nSPS) is 25.8. The summed E-state index contributed by atoms with van der Waals surface area (Å²) >= 11 is 0. The number of aromatic nitrogens is 4. The molecule has 0 amide bonds. The van der Waals surface area contributed by atoms with Gasteiger partial charge in [0.1, 0.15) is 11.3 Å². The minimum Gasteiger partial charge on any atom is -0.507 e. The van der Waals surface area contributed by atoms with E-state index in [0.717, 1.165) is 31.7 Å². The smallest absolute Gasteiger partial charge is 0.416 e. The molecule has 2 aromatic heterocycles. The maximum absolute atomic E-state index is 13.0. The first-order valence-corrected chi connectivity index (χ1v) is 9.20. The van der Waals surface area contributed by atoms with Crippen molar-refractivity contribution >= 4 is 11.2 Å². The van der Waals surface area contributed by atoms with Crippen molar-refractivity contribution in [1.82, 2.24) is 19.7 Å². The van der Waals surface area contributed by atoms with E-state index < -0.39 is 17.5 Å². The molecule has 6 rings (SSSR count). The summed E-state index contributed by atoms with van der Waals surface area (Å²) in [6, 6.07) is 4.09. The maximum Gasteiger partial charge on any atom is 0.416 e. The molecule has 2 heterocycles. The molecule has 3 aromatic rings. The molecule has 0 spiro atoms. The molecule has 3 saturated carbocycles. The Kier molecular flexibility index (Phi) is 3.38. The summed E-state index contributed by atoms with van der Waals surface area (Å²) in [6.45, 7) is 1.49. The van der Waals surface area contributed by atoms with Gasteiger partial charge in [-0.1, -0.05) is 0 Å². The first kappa shape index (κ1) is 17.9. The fourth-order valence-corrected chi connectivity index (χ4v) is 4.87. The molecule has 0 unspecified atom stereocenters. The number of nitriles is 1. The molecule has 9 heteroatoms. The molecular formula is C20H16F3N5O. The van der Waals surface area contributed by atoms with Crippen LogP contribution < -0.4 is 0 Å². The van der Waals surface area contributed by atoms with Crippen LogP contribution in [0, 0.1) is 23.7 Å². The van der Waals surface area contributed by atoms with Crippen molar-refractivity contribution in [3.63, 3.8) is 0 Å². The van der Waals surface area contributed by atoms with Crippen molar-refractivity contribution in [2.75, 3.05) is 0 Å². The van der Waals surface area contributed by atoms with Crippen LogP contribution in [0.5, 0.6) is 5.75 Å². The molecular weight excluding hydrogens is 383 g/mol. The molecule has 0 radical (unpaired) electrons. The second-order valence-corrected chi connectivity index (χ2v) is 8.19. The largest absolute Gasteiger partial charge is 0.507 e. The zero-order chi connectivity index (χ0) is 20.6. The number of benzene rings is 1. The average Bonchev–Trinajstić information content (AvgIpc) is 3.31. The summed E-state index contributed by atoms with van der Waals surface area (Å²) in [5.41, 5.74) is 0.297. The van der Waals surface area contributed by atoms with Gasteiger partial charge in [-0.2, -0.15) is 23.5 Å². The number of phenolic OH excluding ortho intramolecular Hbond substituents is 1. The summed E-state index contributed by atoms with van der Waals surface area (Å²) in [5.74, 6) is -0.502. The summed E-state index contributed by atoms with van der Waals surface area (Å²) < 4.78 is 40.7. The van der Waals surface area contributed by atoms with E-state index in [-0.39, 0.29) is 27.8 Å². The molecule has 0 atom stereocenters. The Morgan fingerprint density at radius 3 is 2.62 bits per heavy atom. The van der Waals surface area contributed by atoms with Gasteiger partial charge in [-0.15, -0.1) is 0 Å². The van der Waals surface area contributed by atoms with Gasteiger partial charge in [-0.05, 0) is 50.3 Å².